The Balaban J connectivity index is 2.17. The predicted molar refractivity (Wildman–Crippen MR) is 78.5 cm³/mol. The Labute approximate surface area is 122 Å². The highest BCUT2D eigenvalue weighted by Gasteiger charge is 2.25. The average molecular weight is 289 g/mol. The second-order valence-corrected chi connectivity index (χ2v) is 5.75. The van der Waals surface area contributed by atoms with Crippen LogP contribution in [-0.2, 0) is 7.05 Å². The van der Waals surface area contributed by atoms with Gasteiger partial charge in [0.15, 0.2) is 5.65 Å². The maximum Gasteiger partial charge on any atom is 0.338 e. The number of hydrogen-bond donors (Lipinski definition) is 0. The molecule has 2 aromatic rings. The number of nitrogens with zero attached hydrogens (tertiary/aromatic N) is 5. The van der Waals surface area contributed by atoms with Crippen molar-refractivity contribution in [1.29, 1.82) is 0 Å². The van der Waals surface area contributed by atoms with Crippen LogP contribution in [0.2, 0.25) is 0 Å². The van der Waals surface area contributed by atoms with Crippen molar-refractivity contribution in [3.63, 3.8) is 0 Å². The zero-order valence-corrected chi connectivity index (χ0v) is 12.5. The molecule has 0 aromatic carbocycles. The molecule has 7 heteroatoms. The molecule has 0 bridgehead atoms. The van der Waals surface area contributed by atoms with E-state index >= 15 is 0 Å². The van der Waals surface area contributed by atoms with Crippen molar-refractivity contribution in [3.8, 4) is 0 Å². The molecule has 1 aliphatic heterocycles. The van der Waals surface area contributed by atoms with E-state index in [2.05, 4.69) is 9.97 Å². The molecule has 0 radical (unpaired) electrons. The van der Waals surface area contributed by atoms with Crippen molar-refractivity contribution in [3.05, 3.63) is 22.5 Å². The fraction of sp³-hybridized carbons (Fsp3) is 0.571. The summed E-state index contributed by atoms with van der Waals surface area (Å²) in [5, 5.41) is 0. The van der Waals surface area contributed by atoms with E-state index < -0.39 is 0 Å². The van der Waals surface area contributed by atoms with Crippen LogP contribution in [0.25, 0.3) is 11.2 Å². The van der Waals surface area contributed by atoms with Crippen LogP contribution in [0.4, 0.5) is 4.79 Å². The van der Waals surface area contributed by atoms with Gasteiger partial charge in [-0.15, -0.1) is 0 Å². The summed E-state index contributed by atoms with van der Waals surface area (Å²) in [7, 11) is 1.63. The van der Waals surface area contributed by atoms with E-state index in [1.807, 2.05) is 13.8 Å². The lowest BCUT2D eigenvalue weighted by molar-refractivity contribution is 0.210. The standard InChI is InChI=1S/C14H19N5O2/c1-9(2)11-15-8-10-12(16-11)17(3)13(20)19(10)14(21)18-6-4-5-7-18/h8-9H,4-7H2,1-3H3. The molecular formula is C14H19N5O2. The number of likely N-dealkylation sites (tertiary alicyclic amines) is 1. The summed E-state index contributed by atoms with van der Waals surface area (Å²) in [5.74, 6) is 0.839. The van der Waals surface area contributed by atoms with Gasteiger partial charge >= 0.3 is 11.7 Å². The van der Waals surface area contributed by atoms with Crippen LogP contribution in [0, 0.1) is 0 Å². The smallest absolute Gasteiger partial charge is 0.324 e. The van der Waals surface area contributed by atoms with Crippen molar-refractivity contribution >= 4 is 17.2 Å². The van der Waals surface area contributed by atoms with Gasteiger partial charge in [0.1, 0.15) is 11.3 Å². The molecule has 21 heavy (non-hydrogen) atoms. The van der Waals surface area contributed by atoms with Crippen LogP contribution in [-0.4, -0.2) is 43.1 Å². The summed E-state index contributed by atoms with van der Waals surface area (Å²) in [6.45, 7) is 5.39. The van der Waals surface area contributed by atoms with Gasteiger partial charge in [-0.1, -0.05) is 13.8 Å². The van der Waals surface area contributed by atoms with Crippen LogP contribution in [0.3, 0.4) is 0 Å². The fourth-order valence-corrected chi connectivity index (χ4v) is 2.64. The maximum atomic E-state index is 12.5. The quantitative estimate of drug-likeness (QED) is 0.793. The molecular weight excluding hydrogens is 270 g/mol. The Morgan fingerprint density at radius 1 is 1.29 bits per heavy atom. The second-order valence-electron chi connectivity index (χ2n) is 5.75. The first-order chi connectivity index (χ1) is 10.0. The van der Waals surface area contributed by atoms with E-state index in [0.717, 1.165) is 12.8 Å². The monoisotopic (exact) mass is 289 g/mol. The van der Waals surface area contributed by atoms with Crippen molar-refractivity contribution < 1.29 is 4.79 Å². The first-order valence-electron chi connectivity index (χ1n) is 7.24. The first kappa shape index (κ1) is 13.8. The Bertz CT molecular complexity index is 753. The Hall–Kier alpha value is -2.18. The van der Waals surface area contributed by atoms with Crippen LogP contribution < -0.4 is 5.69 Å². The third-order valence-corrected chi connectivity index (χ3v) is 3.89. The Morgan fingerprint density at radius 3 is 2.57 bits per heavy atom. The molecule has 0 saturated carbocycles. The van der Waals surface area contributed by atoms with E-state index in [0.29, 0.717) is 30.1 Å². The van der Waals surface area contributed by atoms with E-state index in [1.165, 1.54) is 9.13 Å². The second kappa shape index (κ2) is 4.98. The zero-order chi connectivity index (χ0) is 15.1. The molecule has 7 nitrogen and oxygen atoms in total. The minimum Gasteiger partial charge on any atom is -0.324 e. The van der Waals surface area contributed by atoms with Gasteiger partial charge in [-0.3, -0.25) is 4.57 Å². The number of fused-ring (bicyclic) bond motifs is 1. The summed E-state index contributed by atoms with van der Waals surface area (Å²) >= 11 is 0. The summed E-state index contributed by atoms with van der Waals surface area (Å²) in [6, 6.07) is -0.274. The molecule has 0 atom stereocenters. The molecule has 1 amide bonds. The molecule has 1 fully saturated rings. The van der Waals surface area contributed by atoms with E-state index in [9.17, 15) is 9.59 Å². The number of rotatable bonds is 1. The normalized spacial score (nSPS) is 15.3. The number of carbonyl (C=O) groups excluding carboxylic acids is 1. The Morgan fingerprint density at radius 2 is 1.95 bits per heavy atom. The zero-order valence-electron chi connectivity index (χ0n) is 12.5. The highest BCUT2D eigenvalue weighted by Crippen LogP contribution is 2.16. The van der Waals surface area contributed by atoms with Gasteiger partial charge in [-0.2, -0.15) is 0 Å². The summed E-state index contributed by atoms with van der Waals surface area (Å²) in [6.07, 6.45) is 3.55. The van der Waals surface area contributed by atoms with E-state index in [4.69, 9.17) is 0 Å². The highest BCUT2D eigenvalue weighted by atomic mass is 16.2. The minimum atomic E-state index is -0.364. The third-order valence-electron chi connectivity index (χ3n) is 3.89. The molecule has 3 rings (SSSR count). The minimum absolute atomic E-state index is 0.169. The Kier molecular flexibility index (Phi) is 3.27. The molecule has 0 spiro atoms. The van der Waals surface area contributed by atoms with Gasteiger partial charge in [-0.25, -0.2) is 24.1 Å². The van der Waals surface area contributed by atoms with Gasteiger partial charge in [0.25, 0.3) is 0 Å². The van der Waals surface area contributed by atoms with Crippen molar-refractivity contribution in [2.75, 3.05) is 13.1 Å². The molecule has 112 valence electrons. The average Bonchev–Trinajstić information content (AvgIpc) is 3.07. The third kappa shape index (κ3) is 2.12. The first-order valence-corrected chi connectivity index (χ1v) is 7.24. The lowest BCUT2D eigenvalue weighted by atomic mass is 10.2. The number of aromatic nitrogens is 4. The highest BCUT2D eigenvalue weighted by molar-refractivity contribution is 5.87. The van der Waals surface area contributed by atoms with Gasteiger partial charge in [0.2, 0.25) is 0 Å². The molecule has 2 aromatic heterocycles. The summed E-state index contributed by atoms with van der Waals surface area (Å²) in [5.41, 5.74) is 0.618. The molecule has 1 aliphatic rings. The molecule has 3 heterocycles. The van der Waals surface area contributed by atoms with Crippen molar-refractivity contribution in [2.45, 2.75) is 32.6 Å². The number of imidazole rings is 1. The van der Waals surface area contributed by atoms with Gasteiger partial charge < -0.3 is 4.90 Å². The molecule has 0 unspecified atom stereocenters. The van der Waals surface area contributed by atoms with Crippen molar-refractivity contribution in [2.24, 2.45) is 7.05 Å². The number of hydrogen-bond acceptors (Lipinski definition) is 4. The summed E-state index contributed by atoms with van der Waals surface area (Å²) < 4.78 is 2.60. The number of carbonyl (C=O) groups is 1. The van der Waals surface area contributed by atoms with Crippen LogP contribution >= 0.6 is 0 Å². The maximum absolute atomic E-state index is 12.5. The van der Waals surface area contributed by atoms with Gasteiger partial charge in [-0.05, 0) is 12.8 Å². The van der Waals surface area contributed by atoms with Crippen LogP contribution in [0.15, 0.2) is 11.0 Å². The van der Waals surface area contributed by atoms with Crippen LogP contribution in [0.1, 0.15) is 38.4 Å². The fourth-order valence-electron chi connectivity index (χ4n) is 2.64. The largest absolute Gasteiger partial charge is 0.338 e. The summed E-state index contributed by atoms with van der Waals surface area (Å²) in [4.78, 5) is 35.3. The van der Waals surface area contributed by atoms with E-state index in [-0.39, 0.29) is 17.6 Å². The lowest BCUT2D eigenvalue weighted by Crippen LogP contribution is -2.38. The van der Waals surface area contributed by atoms with Crippen molar-refractivity contribution in [1.82, 2.24) is 24.0 Å². The SMILES string of the molecule is CC(C)c1ncc2c(n1)n(C)c(=O)n2C(=O)N1CCCC1. The molecule has 0 N–H and O–H groups in total. The molecule has 0 aliphatic carbocycles. The lowest BCUT2D eigenvalue weighted by Gasteiger charge is -2.14. The van der Waals surface area contributed by atoms with E-state index in [1.54, 1.807) is 18.1 Å². The van der Waals surface area contributed by atoms with Gasteiger partial charge in [0, 0.05) is 26.1 Å². The topological polar surface area (TPSA) is 73.0 Å². The van der Waals surface area contributed by atoms with Crippen LogP contribution in [0.5, 0.6) is 0 Å². The predicted octanol–water partition coefficient (Wildman–Crippen LogP) is 1.32. The number of amides is 1. The molecule has 1 saturated heterocycles. The number of aryl methyl sites for hydroxylation is 1. The van der Waals surface area contributed by atoms with Gasteiger partial charge in [0.05, 0.1) is 6.20 Å².